The van der Waals surface area contributed by atoms with Crippen molar-refractivity contribution in [2.45, 2.75) is 3.79 Å². The predicted octanol–water partition coefficient (Wildman–Crippen LogP) is 5.11. The van der Waals surface area contributed by atoms with E-state index >= 15 is 0 Å². The molecule has 5 heteroatoms. The fraction of sp³-hybridized carbons (Fsp3) is 0.0833. The van der Waals surface area contributed by atoms with Crippen LogP contribution in [0.1, 0.15) is 10.4 Å². The van der Waals surface area contributed by atoms with Gasteiger partial charge < -0.3 is 0 Å². The number of hydrogen-bond acceptors (Lipinski definition) is 1. The highest BCUT2D eigenvalue weighted by molar-refractivity contribution is 9.10. The van der Waals surface area contributed by atoms with Crippen LogP contribution in [0.3, 0.4) is 0 Å². The summed E-state index contributed by atoms with van der Waals surface area (Å²) in [5.41, 5.74) is 2.08. The van der Waals surface area contributed by atoms with Crippen molar-refractivity contribution >= 4 is 56.5 Å². The van der Waals surface area contributed by atoms with E-state index in [2.05, 4.69) is 15.9 Å². The molecule has 0 heterocycles. The summed E-state index contributed by atoms with van der Waals surface area (Å²) >= 11 is 20.3. The highest BCUT2D eigenvalue weighted by Gasteiger charge is 2.34. The third kappa shape index (κ3) is 2.60. The van der Waals surface area contributed by atoms with E-state index in [1.54, 1.807) is 6.07 Å². The smallest absolute Gasteiger partial charge is 0.253 e. The third-order valence-corrected chi connectivity index (χ3v) is 3.53. The van der Waals surface area contributed by atoms with Crippen LogP contribution >= 0.6 is 50.7 Å². The maximum atomic E-state index is 12.0. The van der Waals surface area contributed by atoms with Crippen molar-refractivity contribution in [1.82, 2.24) is 0 Å². The Bertz CT molecular complexity index is 548. The van der Waals surface area contributed by atoms with E-state index in [1.807, 2.05) is 30.3 Å². The summed E-state index contributed by atoms with van der Waals surface area (Å²) in [6.45, 7) is 0. The van der Waals surface area contributed by atoms with Crippen LogP contribution in [-0.2, 0) is 0 Å². The van der Waals surface area contributed by atoms with Gasteiger partial charge in [-0.2, -0.15) is 0 Å². The number of carbonyl (C=O) groups is 1. The normalized spacial score (nSPS) is 11.8. The Balaban J connectivity index is 2.63. The fourth-order valence-corrected chi connectivity index (χ4v) is 2.49. The molecule has 0 saturated carbocycles. The van der Waals surface area contributed by atoms with Gasteiger partial charge in [0.2, 0.25) is 5.78 Å². The Morgan fingerprint density at radius 1 is 1.06 bits per heavy atom. The summed E-state index contributed by atoms with van der Waals surface area (Å²) in [6.07, 6.45) is 0. The van der Waals surface area contributed by atoms with Gasteiger partial charge in [-0.15, -0.1) is 0 Å². The zero-order chi connectivity index (χ0) is 12.6. The van der Waals surface area contributed by atoms with E-state index in [1.165, 1.54) is 0 Å². The quantitative estimate of drug-likeness (QED) is 0.515. The van der Waals surface area contributed by atoms with Crippen LogP contribution < -0.4 is 0 Å². The Labute approximate surface area is 122 Å². The van der Waals surface area contributed by atoms with Crippen LogP contribution in [0.5, 0.6) is 0 Å². The van der Waals surface area contributed by atoms with Gasteiger partial charge in [0.1, 0.15) is 0 Å². The molecular weight excluding hydrogens is 346 g/mol. The number of alkyl halides is 3. The van der Waals surface area contributed by atoms with Gasteiger partial charge in [0, 0.05) is 10.0 Å². The first-order chi connectivity index (χ1) is 7.91. The van der Waals surface area contributed by atoms with Crippen LogP contribution in [0.4, 0.5) is 0 Å². The first-order valence-electron chi connectivity index (χ1n) is 4.70. The van der Waals surface area contributed by atoms with Crippen molar-refractivity contribution in [2.75, 3.05) is 0 Å². The zero-order valence-electron chi connectivity index (χ0n) is 8.38. The monoisotopic (exact) mass is 350 g/mol. The molecule has 2 aliphatic carbocycles. The fourth-order valence-electron chi connectivity index (χ4n) is 1.61. The molecule has 0 spiro atoms. The Morgan fingerprint density at radius 2 is 1.65 bits per heavy atom. The number of fused-ring (bicyclic) bond motifs is 1. The Hall–Kier alpha value is -0.280. The predicted molar refractivity (Wildman–Crippen MR) is 75.4 cm³/mol. The number of carbonyl (C=O) groups excluding carboxylic acids is 1. The van der Waals surface area contributed by atoms with Crippen molar-refractivity contribution in [1.29, 1.82) is 0 Å². The lowest BCUT2D eigenvalue weighted by atomic mass is 10.1. The minimum Gasteiger partial charge on any atom is -0.289 e. The van der Waals surface area contributed by atoms with Gasteiger partial charge in [0.25, 0.3) is 3.79 Å². The number of rotatable bonds is 1. The molecular formula is C12H6BrCl3O. The van der Waals surface area contributed by atoms with E-state index in [9.17, 15) is 4.79 Å². The van der Waals surface area contributed by atoms with Crippen molar-refractivity contribution in [3.05, 3.63) is 46.4 Å². The number of ketones is 1. The van der Waals surface area contributed by atoms with Crippen LogP contribution in [0, 0.1) is 0 Å². The Kier molecular flexibility index (Phi) is 3.69. The molecule has 0 amide bonds. The van der Waals surface area contributed by atoms with Gasteiger partial charge in [-0.25, -0.2) is 0 Å². The molecule has 1 nitrogen and oxygen atoms in total. The molecule has 88 valence electrons. The second kappa shape index (κ2) is 4.77. The second-order valence-electron chi connectivity index (χ2n) is 3.47. The van der Waals surface area contributed by atoms with Gasteiger partial charge in [-0.3, -0.25) is 4.79 Å². The van der Waals surface area contributed by atoms with Crippen LogP contribution in [0.15, 0.2) is 40.9 Å². The molecule has 0 saturated heterocycles. The molecule has 0 fully saturated rings. The first kappa shape index (κ1) is 13.2. The topological polar surface area (TPSA) is 17.1 Å². The summed E-state index contributed by atoms with van der Waals surface area (Å²) in [5.74, 6) is -0.524. The Morgan fingerprint density at radius 3 is 2.24 bits per heavy atom. The third-order valence-electron chi connectivity index (χ3n) is 2.36. The second-order valence-corrected chi connectivity index (χ2v) is 6.61. The molecule has 0 N–H and O–H groups in total. The zero-order valence-corrected chi connectivity index (χ0v) is 12.2. The van der Waals surface area contributed by atoms with Crippen molar-refractivity contribution < 1.29 is 4.79 Å². The highest BCUT2D eigenvalue weighted by atomic mass is 79.9. The van der Waals surface area contributed by atoms with Gasteiger partial charge in [-0.05, 0) is 17.2 Å². The molecule has 17 heavy (non-hydrogen) atoms. The number of hydrogen-bond donors (Lipinski definition) is 0. The summed E-state index contributed by atoms with van der Waals surface area (Å²) in [5, 5.41) is 0. The number of halogens is 4. The van der Waals surface area contributed by atoms with Crippen LogP contribution in [-0.4, -0.2) is 9.58 Å². The van der Waals surface area contributed by atoms with Gasteiger partial charge in [0.15, 0.2) is 0 Å². The summed E-state index contributed by atoms with van der Waals surface area (Å²) in [4.78, 5) is 12.0. The molecule has 0 unspecified atom stereocenters. The SMILES string of the molecule is O=C(c1cc(Br)c2cccccc1-2)C(Cl)(Cl)Cl. The number of Topliss-reactive ketones (excluding diaryl/α,β-unsaturated/α-hetero) is 1. The van der Waals surface area contributed by atoms with E-state index in [0.717, 1.165) is 15.6 Å². The maximum absolute atomic E-state index is 12.0. The average molecular weight is 352 g/mol. The van der Waals surface area contributed by atoms with E-state index in [-0.39, 0.29) is 0 Å². The molecule has 0 aromatic heterocycles. The van der Waals surface area contributed by atoms with Crippen LogP contribution in [0.25, 0.3) is 11.1 Å². The lowest BCUT2D eigenvalue weighted by molar-refractivity contribution is 0.0997. The molecule has 0 aliphatic heterocycles. The van der Waals surface area contributed by atoms with E-state index < -0.39 is 9.58 Å². The van der Waals surface area contributed by atoms with E-state index in [4.69, 9.17) is 34.8 Å². The maximum Gasteiger partial charge on any atom is 0.253 e. The molecule has 2 rings (SSSR count). The largest absolute Gasteiger partial charge is 0.289 e. The molecule has 0 bridgehead atoms. The van der Waals surface area contributed by atoms with Crippen molar-refractivity contribution in [3.8, 4) is 11.1 Å². The molecule has 0 aromatic carbocycles. The van der Waals surface area contributed by atoms with Gasteiger partial charge in [0.05, 0.1) is 0 Å². The van der Waals surface area contributed by atoms with Crippen molar-refractivity contribution in [2.24, 2.45) is 0 Å². The molecule has 0 radical (unpaired) electrons. The first-order valence-corrected chi connectivity index (χ1v) is 6.62. The summed E-state index contributed by atoms with van der Waals surface area (Å²) in [6, 6.07) is 11.0. The summed E-state index contributed by atoms with van der Waals surface area (Å²) in [7, 11) is 0. The van der Waals surface area contributed by atoms with Gasteiger partial charge >= 0.3 is 0 Å². The standard InChI is InChI=1S/C12H6BrCl3O/c13-10-6-9(11(17)12(14,15)16)7-4-2-1-3-5-8(7)10/h1-6H. The lowest BCUT2D eigenvalue weighted by Crippen LogP contribution is -2.18. The average Bonchev–Trinajstić information content (AvgIpc) is 2.45. The van der Waals surface area contributed by atoms with Crippen LogP contribution in [0.2, 0.25) is 0 Å². The lowest BCUT2D eigenvalue weighted by Gasteiger charge is -2.09. The van der Waals surface area contributed by atoms with Crippen molar-refractivity contribution in [3.63, 3.8) is 0 Å². The molecule has 0 aromatic rings. The summed E-state index contributed by atoms with van der Waals surface area (Å²) < 4.78 is -1.13. The highest BCUT2D eigenvalue weighted by Crippen LogP contribution is 2.40. The van der Waals surface area contributed by atoms with E-state index in [0.29, 0.717) is 5.56 Å². The van der Waals surface area contributed by atoms with Gasteiger partial charge in [-0.1, -0.05) is 81.1 Å². The minimum absolute atomic E-state index is 0.406. The molecule has 2 aliphatic rings. The minimum atomic E-state index is -1.94. The molecule has 0 atom stereocenters.